The summed E-state index contributed by atoms with van der Waals surface area (Å²) in [6.07, 6.45) is -3.99. The standard InChI is InChI=1S/C6H6F3N3O3/c7-6(8,9)15-2-1-12-4(13)3-10-11-5(12)14/h3H,1-2H2,(H,11,14). The zero-order chi connectivity index (χ0) is 11.5. The Kier molecular flexibility index (Phi) is 3.24. The van der Waals surface area contributed by atoms with Crippen molar-refractivity contribution < 1.29 is 17.9 Å². The first-order chi connectivity index (χ1) is 6.90. The lowest BCUT2D eigenvalue weighted by Crippen LogP contribution is -2.37. The Balaban J connectivity index is 2.67. The van der Waals surface area contributed by atoms with Crippen molar-refractivity contribution in [3.05, 3.63) is 27.0 Å². The SMILES string of the molecule is O=c1cn[nH]c(=O)n1CCOC(F)(F)F. The van der Waals surface area contributed by atoms with E-state index in [0.29, 0.717) is 4.57 Å². The van der Waals surface area contributed by atoms with Crippen LogP contribution in [0.25, 0.3) is 0 Å². The number of rotatable bonds is 3. The van der Waals surface area contributed by atoms with Crippen molar-refractivity contribution in [1.82, 2.24) is 14.8 Å². The summed E-state index contributed by atoms with van der Waals surface area (Å²) >= 11 is 0. The highest BCUT2D eigenvalue weighted by Crippen LogP contribution is 2.15. The minimum Gasteiger partial charge on any atom is -0.290 e. The van der Waals surface area contributed by atoms with Gasteiger partial charge in [-0.25, -0.2) is 9.89 Å². The average Bonchev–Trinajstić information content (AvgIpc) is 2.08. The van der Waals surface area contributed by atoms with E-state index in [2.05, 4.69) is 9.84 Å². The molecule has 0 aliphatic rings. The molecule has 84 valence electrons. The molecule has 0 atom stereocenters. The van der Waals surface area contributed by atoms with Gasteiger partial charge in [0.05, 0.1) is 13.2 Å². The number of nitrogens with one attached hydrogen (secondary N) is 1. The van der Waals surface area contributed by atoms with E-state index in [4.69, 9.17) is 0 Å². The highest BCUT2D eigenvalue weighted by molar-refractivity contribution is 4.73. The molecule has 0 saturated carbocycles. The van der Waals surface area contributed by atoms with Gasteiger partial charge < -0.3 is 0 Å². The molecule has 0 fully saturated rings. The third kappa shape index (κ3) is 3.54. The molecule has 6 nitrogen and oxygen atoms in total. The van der Waals surface area contributed by atoms with Crippen molar-refractivity contribution in [2.45, 2.75) is 12.9 Å². The molecule has 1 aromatic rings. The summed E-state index contributed by atoms with van der Waals surface area (Å²) in [4.78, 5) is 21.8. The van der Waals surface area contributed by atoms with Crippen LogP contribution >= 0.6 is 0 Å². The number of halogens is 3. The molecule has 0 bridgehead atoms. The quantitative estimate of drug-likeness (QED) is 0.750. The molecule has 1 aromatic heterocycles. The van der Waals surface area contributed by atoms with Crippen LogP contribution in [-0.2, 0) is 11.3 Å². The van der Waals surface area contributed by atoms with Gasteiger partial charge in [0, 0.05) is 0 Å². The largest absolute Gasteiger partial charge is 0.522 e. The zero-order valence-electron chi connectivity index (χ0n) is 7.24. The summed E-state index contributed by atoms with van der Waals surface area (Å²) in [5, 5.41) is 5.08. The number of aromatic amines is 1. The summed E-state index contributed by atoms with van der Waals surface area (Å²) in [5.74, 6) is 0. The lowest BCUT2D eigenvalue weighted by atomic mass is 10.6. The summed E-state index contributed by atoms with van der Waals surface area (Å²) < 4.78 is 38.6. The van der Waals surface area contributed by atoms with E-state index in [0.717, 1.165) is 6.20 Å². The van der Waals surface area contributed by atoms with Crippen LogP contribution in [0.1, 0.15) is 0 Å². The molecule has 0 unspecified atom stereocenters. The predicted octanol–water partition coefficient (Wildman–Crippen LogP) is -0.532. The maximum atomic E-state index is 11.6. The van der Waals surface area contributed by atoms with E-state index in [1.165, 1.54) is 0 Å². The van der Waals surface area contributed by atoms with Gasteiger partial charge in [-0.1, -0.05) is 0 Å². The molecule has 0 radical (unpaired) electrons. The first kappa shape index (κ1) is 11.4. The van der Waals surface area contributed by atoms with E-state index in [9.17, 15) is 22.8 Å². The number of hydrogen-bond acceptors (Lipinski definition) is 4. The number of ether oxygens (including phenoxy) is 1. The van der Waals surface area contributed by atoms with Gasteiger partial charge in [0.2, 0.25) is 0 Å². The van der Waals surface area contributed by atoms with Crippen molar-refractivity contribution in [2.75, 3.05) is 6.61 Å². The molecule has 1 rings (SSSR count). The maximum absolute atomic E-state index is 11.6. The van der Waals surface area contributed by atoms with Crippen LogP contribution in [0.3, 0.4) is 0 Å². The highest BCUT2D eigenvalue weighted by Gasteiger charge is 2.28. The first-order valence-electron chi connectivity index (χ1n) is 3.75. The summed E-state index contributed by atoms with van der Waals surface area (Å²) in [6, 6.07) is 0. The Hall–Kier alpha value is -1.64. The minimum absolute atomic E-state index is 0.490. The van der Waals surface area contributed by atoms with Crippen LogP contribution in [0, 0.1) is 0 Å². The van der Waals surface area contributed by atoms with E-state index in [-0.39, 0.29) is 0 Å². The second kappa shape index (κ2) is 4.26. The number of alkyl halides is 3. The van der Waals surface area contributed by atoms with E-state index in [1.807, 2.05) is 5.10 Å². The Morgan fingerprint density at radius 2 is 2.13 bits per heavy atom. The molecule has 0 aliphatic heterocycles. The molecule has 0 saturated heterocycles. The summed E-state index contributed by atoms with van der Waals surface area (Å²) in [7, 11) is 0. The van der Waals surface area contributed by atoms with Crippen LogP contribution in [0.4, 0.5) is 13.2 Å². The number of aromatic nitrogens is 3. The second-order valence-electron chi connectivity index (χ2n) is 2.46. The molecule has 0 spiro atoms. The Labute approximate surface area is 80.3 Å². The third-order valence-electron chi connectivity index (χ3n) is 1.43. The maximum Gasteiger partial charge on any atom is 0.522 e. The fourth-order valence-corrected chi connectivity index (χ4v) is 0.837. The highest BCUT2D eigenvalue weighted by atomic mass is 19.4. The van der Waals surface area contributed by atoms with E-state index >= 15 is 0 Å². The summed E-state index contributed by atoms with van der Waals surface area (Å²) in [6.45, 7) is -1.30. The fraction of sp³-hybridized carbons (Fsp3) is 0.500. The van der Waals surface area contributed by atoms with Crippen molar-refractivity contribution in [2.24, 2.45) is 0 Å². The van der Waals surface area contributed by atoms with Gasteiger partial charge in [-0.05, 0) is 0 Å². The topological polar surface area (TPSA) is 77.0 Å². The molecule has 1 N–H and O–H groups in total. The molecule has 0 aliphatic carbocycles. The number of nitrogens with zero attached hydrogens (tertiary/aromatic N) is 2. The lowest BCUT2D eigenvalue weighted by molar-refractivity contribution is -0.325. The Bertz CT molecular complexity index is 407. The second-order valence-corrected chi connectivity index (χ2v) is 2.46. The smallest absolute Gasteiger partial charge is 0.290 e. The normalized spacial score (nSPS) is 11.7. The number of H-pyrrole nitrogens is 1. The van der Waals surface area contributed by atoms with Crippen molar-refractivity contribution in [3.8, 4) is 0 Å². The Morgan fingerprint density at radius 3 is 2.67 bits per heavy atom. The monoisotopic (exact) mass is 225 g/mol. The van der Waals surface area contributed by atoms with Gasteiger partial charge >= 0.3 is 12.1 Å². The van der Waals surface area contributed by atoms with Crippen LogP contribution < -0.4 is 11.2 Å². The van der Waals surface area contributed by atoms with Gasteiger partial charge in [0.15, 0.2) is 0 Å². The van der Waals surface area contributed by atoms with Crippen LogP contribution in [0.15, 0.2) is 15.8 Å². The van der Waals surface area contributed by atoms with E-state index in [1.54, 1.807) is 0 Å². The molecule has 15 heavy (non-hydrogen) atoms. The van der Waals surface area contributed by atoms with Gasteiger partial charge in [0.25, 0.3) is 5.56 Å². The lowest BCUT2D eigenvalue weighted by Gasteiger charge is -2.07. The van der Waals surface area contributed by atoms with Gasteiger partial charge in [-0.3, -0.25) is 14.1 Å². The zero-order valence-corrected chi connectivity index (χ0v) is 7.24. The van der Waals surface area contributed by atoms with Gasteiger partial charge in [-0.15, -0.1) is 13.2 Å². The average molecular weight is 225 g/mol. The molecule has 9 heteroatoms. The van der Waals surface area contributed by atoms with Crippen molar-refractivity contribution in [1.29, 1.82) is 0 Å². The number of hydrogen-bond donors (Lipinski definition) is 1. The van der Waals surface area contributed by atoms with Crippen LogP contribution in [0.5, 0.6) is 0 Å². The minimum atomic E-state index is -4.77. The molecular weight excluding hydrogens is 219 g/mol. The molecule has 0 aromatic carbocycles. The van der Waals surface area contributed by atoms with Crippen molar-refractivity contribution in [3.63, 3.8) is 0 Å². The fourth-order valence-electron chi connectivity index (χ4n) is 0.837. The van der Waals surface area contributed by atoms with Crippen LogP contribution in [0.2, 0.25) is 0 Å². The van der Waals surface area contributed by atoms with Gasteiger partial charge in [-0.2, -0.15) is 5.10 Å². The molecular formula is C6H6F3N3O3. The summed E-state index contributed by atoms with van der Waals surface area (Å²) in [5.41, 5.74) is -1.67. The Morgan fingerprint density at radius 1 is 1.47 bits per heavy atom. The van der Waals surface area contributed by atoms with E-state index < -0.39 is 30.8 Å². The third-order valence-corrected chi connectivity index (χ3v) is 1.43. The first-order valence-corrected chi connectivity index (χ1v) is 3.75. The van der Waals surface area contributed by atoms with Crippen LogP contribution in [-0.4, -0.2) is 27.7 Å². The molecule has 1 heterocycles. The predicted molar refractivity (Wildman–Crippen MR) is 41.1 cm³/mol. The molecule has 0 amide bonds. The van der Waals surface area contributed by atoms with Gasteiger partial charge in [0.1, 0.15) is 6.20 Å². The van der Waals surface area contributed by atoms with Crippen molar-refractivity contribution >= 4 is 0 Å².